The smallest absolute Gasteiger partial charge is 0.256 e. The van der Waals surface area contributed by atoms with Crippen LogP contribution in [-0.4, -0.2) is 44.0 Å². The van der Waals surface area contributed by atoms with Crippen molar-refractivity contribution in [3.05, 3.63) is 45.6 Å². The number of hydrogen-bond donors (Lipinski definition) is 1. The summed E-state index contributed by atoms with van der Waals surface area (Å²) in [6.45, 7) is 8.33. The molecule has 5 heteroatoms. The molecule has 0 unspecified atom stereocenters. The number of carbonyl (C=O) groups excluding carboxylic acids is 1. The van der Waals surface area contributed by atoms with E-state index in [1.807, 2.05) is 31.4 Å². The van der Waals surface area contributed by atoms with Gasteiger partial charge in [-0.05, 0) is 50.7 Å². The molecule has 0 spiro atoms. The molecule has 1 saturated heterocycles. The van der Waals surface area contributed by atoms with Crippen LogP contribution in [0.4, 0.5) is 11.4 Å². The molecular formula is C18H23N3OS. The van der Waals surface area contributed by atoms with E-state index in [9.17, 15) is 4.79 Å². The van der Waals surface area contributed by atoms with Gasteiger partial charge in [-0.25, -0.2) is 0 Å². The summed E-state index contributed by atoms with van der Waals surface area (Å²) in [6, 6.07) is 8.15. The number of thiophene rings is 1. The maximum Gasteiger partial charge on any atom is 0.256 e. The Balaban J connectivity index is 1.65. The summed E-state index contributed by atoms with van der Waals surface area (Å²) in [5.41, 5.74) is 3.91. The van der Waals surface area contributed by atoms with E-state index in [2.05, 4.69) is 34.3 Å². The van der Waals surface area contributed by atoms with Gasteiger partial charge in [-0.15, -0.1) is 11.3 Å². The van der Waals surface area contributed by atoms with Crippen LogP contribution in [0.25, 0.3) is 0 Å². The van der Waals surface area contributed by atoms with Crippen LogP contribution in [0.15, 0.2) is 29.6 Å². The number of benzene rings is 1. The molecule has 2 heterocycles. The zero-order chi connectivity index (χ0) is 16.4. The lowest BCUT2D eigenvalue weighted by molar-refractivity contribution is 0.102. The molecule has 23 heavy (non-hydrogen) atoms. The molecular weight excluding hydrogens is 306 g/mol. The lowest BCUT2D eigenvalue weighted by atomic mass is 10.1. The Morgan fingerprint density at radius 2 is 1.74 bits per heavy atom. The van der Waals surface area contributed by atoms with Crippen LogP contribution in [0, 0.1) is 13.8 Å². The Morgan fingerprint density at radius 3 is 2.30 bits per heavy atom. The van der Waals surface area contributed by atoms with Gasteiger partial charge in [0.1, 0.15) is 0 Å². The summed E-state index contributed by atoms with van der Waals surface area (Å²) in [6.07, 6.45) is 0. The van der Waals surface area contributed by atoms with E-state index in [4.69, 9.17) is 0 Å². The third-order valence-electron chi connectivity index (χ3n) is 4.52. The highest BCUT2D eigenvalue weighted by atomic mass is 32.1. The molecule has 1 aromatic carbocycles. The molecule has 0 bridgehead atoms. The van der Waals surface area contributed by atoms with Crippen molar-refractivity contribution in [1.82, 2.24) is 4.90 Å². The molecule has 0 radical (unpaired) electrons. The first-order valence-electron chi connectivity index (χ1n) is 7.94. The van der Waals surface area contributed by atoms with Crippen LogP contribution < -0.4 is 10.2 Å². The van der Waals surface area contributed by atoms with Gasteiger partial charge >= 0.3 is 0 Å². The number of rotatable bonds is 3. The number of nitrogens with zero attached hydrogens (tertiary/aromatic N) is 2. The number of hydrogen-bond acceptors (Lipinski definition) is 4. The van der Waals surface area contributed by atoms with Gasteiger partial charge in [0.05, 0.1) is 5.56 Å². The molecule has 3 rings (SSSR count). The van der Waals surface area contributed by atoms with Crippen LogP contribution in [0.5, 0.6) is 0 Å². The van der Waals surface area contributed by atoms with E-state index in [-0.39, 0.29) is 5.91 Å². The SMILES string of the molecule is Cc1scc(C(=O)Nc2ccc(N3CCN(C)CC3)cc2)c1C. The number of nitrogens with one attached hydrogen (secondary N) is 1. The normalized spacial score (nSPS) is 15.7. The first-order valence-corrected chi connectivity index (χ1v) is 8.82. The largest absolute Gasteiger partial charge is 0.369 e. The van der Waals surface area contributed by atoms with E-state index in [1.165, 1.54) is 10.6 Å². The second kappa shape index (κ2) is 6.72. The molecule has 122 valence electrons. The molecule has 1 aromatic heterocycles. The average molecular weight is 329 g/mol. The number of likely N-dealkylation sites (N-methyl/N-ethyl adjacent to an activating group) is 1. The quantitative estimate of drug-likeness (QED) is 0.938. The van der Waals surface area contributed by atoms with Crippen molar-refractivity contribution in [2.45, 2.75) is 13.8 Å². The summed E-state index contributed by atoms with van der Waals surface area (Å²) in [7, 11) is 2.16. The van der Waals surface area contributed by atoms with Crippen molar-refractivity contribution < 1.29 is 4.79 Å². The molecule has 0 aliphatic carbocycles. The van der Waals surface area contributed by atoms with Crippen LogP contribution in [0.2, 0.25) is 0 Å². The molecule has 1 N–H and O–H groups in total. The molecule has 1 fully saturated rings. The van der Waals surface area contributed by atoms with Crippen LogP contribution in [0.1, 0.15) is 20.8 Å². The molecule has 2 aromatic rings. The summed E-state index contributed by atoms with van der Waals surface area (Å²) >= 11 is 1.62. The first-order chi connectivity index (χ1) is 11.0. The maximum absolute atomic E-state index is 12.4. The molecule has 0 atom stereocenters. The van der Waals surface area contributed by atoms with Gasteiger partial charge in [0.15, 0.2) is 0 Å². The molecule has 1 aliphatic heterocycles. The fourth-order valence-corrected chi connectivity index (χ4v) is 3.62. The predicted molar refractivity (Wildman–Crippen MR) is 97.9 cm³/mol. The standard InChI is InChI=1S/C18H23N3OS/c1-13-14(2)23-12-17(13)18(22)19-15-4-6-16(7-5-15)21-10-8-20(3)9-11-21/h4-7,12H,8-11H2,1-3H3,(H,19,22). The number of piperazine rings is 1. The Hall–Kier alpha value is -1.85. The summed E-state index contributed by atoms with van der Waals surface area (Å²) < 4.78 is 0. The van der Waals surface area contributed by atoms with Gasteiger partial charge < -0.3 is 15.1 Å². The zero-order valence-corrected chi connectivity index (χ0v) is 14.7. The van der Waals surface area contributed by atoms with Gasteiger partial charge in [0, 0.05) is 47.8 Å². The van der Waals surface area contributed by atoms with E-state index >= 15 is 0 Å². The Morgan fingerprint density at radius 1 is 1.09 bits per heavy atom. The van der Waals surface area contributed by atoms with E-state index < -0.39 is 0 Å². The summed E-state index contributed by atoms with van der Waals surface area (Å²) in [4.78, 5) is 18.3. The third kappa shape index (κ3) is 3.57. The lowest BCUT2D eigenvalue weighted by Crippen LogP contribution is -2.44. The highest BCUT2D eigenvalue weighted by molar-refractivity contribution is 7.10. The Kier molecular flexibility index (Phi) is 4.68. The van der Waals surface area contributed by atoms with Crippen LogP contribution in [0.3, 0.4) is 0 Å². The van der Waals surface area contributed by atoms with Crippen LogP contribution >= 0.6 is 11.3 Å². The number of anilines is 2. The third-order valence-corrected chi connectivity index (χ3v) is 5.54. The van der Waals surface area contributed by atoms with Crippen molar-refractivity contribution in [1.29, 1.82) is 0 Å². The minimum atomic E-state index is -0.0285. The van der Waals surface area contributed by atoms with Gasteiger partial charge in [0.2, 0.25) is 0 Å². The van der Waals surface area contributed by atoms with Gasteiger partial charge in [-0.2, -0.15) is 0 Å². The van der Waals surface area contributed by atoms with Gasteiger partial charge in [-0.3, -0.25) is 4.79 Å². The van der Waals surface area contributed by atoms with Gasteiger partial charge in [0.25, 0.3) is 5.91 Å². The predicted octanol–water partition coefficient (Wildman–Crippen LogP) is 3.37. The fourth-order valence-electron chi connectivity index (χ4n) is 2.76. The van der Waals surface area contributed by atoms with Crippen molar-refractivity contribution in [2.24, 2.45) is 0 Å². The average Bonchev–Trinajstić information content (AvgIpc) is 2.89. The number of carbonyl (C=O) groups is 1. The second-order valence-electron chi connectivity index (χ2n) is 6.12. The molecule has 4 nitrogen and oxygen atoms in total. The lowest BCUT2D eigenvalue weighted by Gasteiger charge is -2.34. The first kappa shape index (κ1) is 16.0. The highest BCUT2D eigenvalue weighted by Crippen LogP contribution is 2.23. The van der Waals surface area contributed by atoms with Crippen molar-refractivity contribution in [2.75, 3.05) is 43.4 Å². The van der Waals surface area contributed by atoms with E-state index in [0.717, 1.165) is 43.0 Å². The second-order valence-corrected chi connectivity index (χ2v) is 7.21. The van der Waals surface area contributed by atoms with Crippen molar-refractivity contribution in [3.63, 3.8) is 0 Å². The minimum Gasteiger partial charge on any atom is -0.369 e. The Labute approximate surface area is 141 Å². The molecule has 1 amide bonds. The van der Waals surface area contributed by atoms with Gasteiger partial charge in [-0.1, -0.05) is 0 Å². The highest BCUT2D eigenvalue weighted by Gasteiger charge is 2.15. The topological polar surface area (TPSA) is 35.6 Å². The Bertz CT molecular complexity index is 685. The summed E-state index contributed by atoms with van der Waals surface area (Å²) in [5, 5.41) is 4.92. The molecule has 0 saturated carbocycles. The van der Waals surface area contributed by atoms with E-state index in [1.54, 1.807) is 11.3 Å². The number of amides is 1. The fraction of sp³-hybridized carbons (Fsp3) is 0.389. The van der Waals surface area contributed by atoms with Crippen molar-refractivity contribution >= 4 is 28.6 Å². The maximum atomic E-state index is 12.4. The molecule has 1 aliphatic rings. The minimum absolute atomic E-state index is 0.0285. The monoisotopic (exact) mass is 329 g/mol. The number of aryl methyl sites for hydroxylation is 1. The zero-order valence-electron chi connectivity index (χ0n) is 13.9. The summed E-state index contributed by atoms with van der Waals surface area (Å²) in [5.74, 6) is -0.0285. The van der Waals surface area contributed by atoms with Crippen LogP contribution in [-0.2, 0) is 0 Å². The van der Waals surface area contributed by atoms with Crippen molar-refractivity contribution in [3.8, 4) is 0 Å². The van der Waals surface area contributed by atoms with E-state index in [0.29, 0.717) is 0 Å².